The summed E-state index contributed by atoms with van der Waals surface area (Å²) < 4.78 is 9.83. The van der Waals surface area contributed by atoms with E-state index >= 15 is 0 Å². The molecule has 0 saturated carbocycles. The molecule has 1 rings (SSSR count). The SMILES string of the molecule is COC(=O)CCCCCc1cc(Cl)cc(NC(=O)[C@H](CCC(N)=O)NC(=O)OC(C)(C)C)c1. The van der Waals surface area contributed by atoms with Gasteiger partial charge in [0.15, 0.2) is 0 Å². The number of nitrogens with one attached hydrogen (secondary N) is 2. The number of unbranched alkanes of at least 4 members (excludes halogenated alkanes) is 2. The van der Waals surface area contributed by atoms with Crippen molar-refractivity contribution < 1.29 is 28.7 Å². The molecule has 10 heteroatoms. The average Bonchev–Trinajstić information content (AvgIpc) is 2.68. The van der Waals surface area contributed by atoms with Gasteiger partial charge in [-0.15, -0.1) is 0 Å². The van der Waals surface area contributed by atoms with Gasteiger partial charge < -0.3 is 25.8 Å². The normalized spacial score (nSPS) is 11.9. The van der Waals surface area contributed by atoms with Gasteiger partial charge in [0.2, 0.25) is 11.8 Å². The van der Waals surface area contributed by atoms with Crippen molar-refractivity contribution in [2.45, 2.75) is 77.4 Å². The number of primary amides is 1. The second-order valence-corrected chi connectivity index (χ2v) is 9.11. The van der Waals surface area contributed by atoms with E-state index in [1.807, 2.05) is 0 Å². The molecule has 0 saturated heterocycles. The van der Waals surface area contributed by atoms with E-state index in [9.17, 15) is 19.2 Å². The lowest BCUT2D eigenvalue weighted by Crippen LogP contribution is -2.46. The summed E-state index contributed by atoms with van der Waals surface area (Å²) in [5, 5.41) is 5.67. The first-order valence-corrected chi connectivity index (χ1v) is 11.2. The number of carbonyl (C=O) groups excluding carboxylic acids is 4. The van der Waals surface area contributed by atoms with Crippen LogP contribution in [0.5, 0.6) is 0 Å². The van der Waals surface area contributed by atoms with E-state index in [0.717, 1.165) is 24.8 Å². The number of anilines is 1. The number of esters is 1. The number of benzene rings is 1. The number of nitrogens with two attached hydrogens (primary N) is 1. The Balaban J connectivity index is 2.77. The van der Waals surface area contributed by atoms with Crippen LogP contribution in [0, 0.1) is 0 Å². The van der Waals surface area contributed by atoms with Crippen molar-refractivity contribution >= 4 is 41.2 Å². The van der Waals surface area contributed by atoms with Crippen molar-refractivity contribution in [3.63, 3.8) is 0 Å². The largest absolute Gasteiger partial charge is 0.469 e. The number of hydrogen-bond acceptors (Lipinski definition) is 6. The van der Waals surface area contributed by atoms with Crippen LogP contribution in [0.2, 0.25) is 5.02 Å². The van der Waals surface area contributed by atoms with Crippen molar-refractivity contribution in [3.8, 4) is 0 Å². The maximum absolute atomic E-state index is 12.8. The topological polar surface area (TPSA) is 137 Å². The lowest BCUT2D eigenvalue weighted by molar-refractivity contribution is -0.140. The lowest BCUT2D eigenvalue weighted by Gasteiger charge is -2.23. The van der Waals surface area contributed by atoms with Gasteiger partial charge in [-0.25, -0.2) is 4.79 Å². The first-order chi connectivity index (χ1) is 15.4. The van der Waals surface area contributed by atoms with E-state index in [0.29, 0.717) is 23.6 Å². The van der Waals surface area contributed by atoms with Crippen LogP contribution in [0.15, 0.2) is 18.2 Å². The zero-order valence-electron chi connectivity index (χ0n) is 19.7. The van der Waals surface area contributed by atoms with Crippen LogP contribution in [0.4, 0.5) is 10.5 Å². The number of alkyl carbamates (subject to hydrolysis) is 1. The van der Waals surface area contributed by atoms with E-state index in [1.165, 1.54) is 7.11 Å². The van der Waals surface area contributed by atoms with Crippen LogP contribution in [0.3, 0.4) is 0 Å². The third-order valence-corrected chi connectivity index (χ3v) is 4.70. The zero-order chi connectivity index (χ0) is 25.0. The molecule has 0 fully saturated rings. The Morgan fingerprint density at radius 3 is 2.36 bits per heavy atom. The van der Waals surface area contributed by atoms with Crippen molar-refractivity contribution in [2.75, 3.05) is 12.4 Å². The fourth-order valence-electron chi connectivity index (χ4n) is 2.98. The summed E-state index contributed by atoms with van der Waals surface area (Å²) in [6.07, 6.45) is 2.68. The van der Waals surface area contributed by atoms with Crippen LogP contribution in [0.25, 0.3) is 0 Å². The molecule has 1 aromatic carbocycles. The molecule has 33 heavy (non-hydrogen) atoms. The highest BCUT2D eigenvalue weighted by atomic mass is 35.5. The molecule has 0 radical (unpaired) electrons. The van der Waals surface area contributed by atoms with Crippen molar-refractivity contribution in [3.05, 3.63) is 28.8 Å². The molecule has 3 amide bonds. The quantitative estimate of drug-likeness (QED) is 0.306. The molecule has 0 aliphatic rings. The highest BCUT2D eigenvalue weighted by molar-refractivity contribution is 6.31. The number of rotatable bonds is 12. The molecule has 0 spiro atoms. The van der Waals surface area contributed by atoms with Gasteiger partial charge in [0, 0.05) is 23.6 Å². The molecular weight excluding hydrogens is 450 g/mol. The van der Waals surface area contributed by atoms with E-state index in [-0.39, 0.29) is 18.8 Å². The monoisotopic (exact) mass is 483 g/mol. The van der Waals surface area contributed by atoms with Gasteiger partial charge in [0.25, 0.3) is 0 Å². The van der Waals surface area contributed by atoms with E-state index < -0.39 is 29.6 Å². The molecule has 0 unspecified atom stereocenters. The molecule has 1 aromatic rings. The van der Waals surface area contributed by atoms with Gasteiger partial charge in [0.1, 0.15) is 11.6 Å². The molecule has 0 aromatic heterocycles. The summed E-state index contributed by atoms with van der Waals surface area (Å²) in [7, 11) is 1.37. The molecule has 0 heterocycles. The first-order valence-electron chi connectivity index (χ1n) is 10.8. The third-order valence-electron chi connectivity index (χ3n) is 4.49. The Bertz CT molecular complexity index is 838. The molecule has 0 aliphatic carbocycles. The highest BCUT2D eigenvalue weighted by Gasteiger charge is 2.25. The number of amides is 3. The van der Waals surface area contributed by atoms with Gasteiger partial charge in [-0.05, 0) is 70.2 Å². The summed E-state index contributed by atoms with van der Waals surface area (Å²) in [5.41, 5.74) is 5.84. The Kier molecular flexibility index (Phi) is 11.7. The predicted molar refractivity (Wildman–Crippen MR) is 126 cm³/mol. The number of hydrogen-bond donors (Lipinski definition) is 3. The molecule has 0 bridgehead atoms. The first kappa shape index (κ1) is 28.2. The minimum atomic E-state index is -1.02. The van der Waals surface area contributed by atoms with Gasteiger partial charge in [-0.2, -0.15) is 0 Å². The van der Waals surface area contributed by atoms with Gasteiger partial charge in [-0.1, -0.05) is 18.0 Å². The highest BCUT2D eigenvalue weighted by Crippen LogP contribution is 2.21. The van der Waals surface area contributed by atoms with Crippen molar-refractivity contribution in [1.29, 1.82) is 0 Å². The molecule has 9 nitrogen and oxygen atoms in total. The fraction of sp³-hybridized carbons (Fsp3) is 0.565. The standard InChI is InChI=1S/C23H34ClN3O6/c1-23(2,3)33-22(31)27-18(10-11-19(25)28)21(30)26-17-13-15(12-16(24)14-17)8-6-5-7-9-20(29)32-4/h12-14,18H,5-11H2,1-4H3,(H2,25,28)(H,26,30)(H,27,31)/t18-/m0/s1. The van der Waals surface area contributed by atoms with Gasteiger partial charge >= 0.3 is 12.1 Å². The predicted octanol–water partition coefficient (Wildman–Crippen LogP) is 3.71. The Labute approximate surface area is 199 Å². The number of halogens is 1. The number of methoxy groups -OCH3 is 1. The zero-order valence-corrected chi connectivity index (χ0v) is 20.4. The molecule has 1 atom stereocenters. The van der Waals surface area contributed by atoms with Crippen LogP contribution >= 0.6 is 11.6 Å². The number of carbonyl (C=O) groups is 4. The summed E-state index contributed by atoms with van der Waals surface area (Å²) in [6.45, 7) is 5.11. The van der Waals surface area contributed by atoms with Gasteiger partial charge in [-0.3, -0.25) is 14.4 Å². The Morgan fingerprint density at radius 2 is 1.76 bits per heavy atom. The van der Waals surface area contributed by atoms with E-state index in [1.54, 1.807) is 39.0 Å². The van der Waals surface area contributed by atoms with Crippen molar-refractivity contribution in [1.82, 2.24) is 5.32 Å². The molecule has 4 N–H and O–H groups in total. The van der Waals surface area contributed by atoms with Crippen LogP contribution < -0.4 is 16.4 Å². The second kappa shape index (κ2) is 13.7. The maximum atomic E-state index is 12.8. The number of ether oxygens (including phenoxy) is 2. The van der Waals surface area contributed by atoms with E-state index in [2.05, 4.69) is 15.4 Å². The van der Waals surface area contributed by atoms with Crippen LogP contribution in [-0.2, 0) is 30.3 Å². The minimum absolute atomic E-state index is 0.0219. The van der Waals surface area contributed by atoms with Crippen LogP contribution in [-0.4, -0.2) is 42.6 Å². The average molecular weight is 484 g/mol. The Hall–Kier alpha value is -2.81. The minimum Gasteiger partial charge on any atom is -0.469 e. The molecule has 0 aliphatic heterocycles. The maximum Gasteiger partial charge on any atom is 0.408 e. The van der Waals surface area contributed by atoms with Crippen molar-refractivity contribution in [2.24, 2.45) is 5.73 Å². The number of aryl methyl sites for hydroxylation is 1. The van der Waals surface area contributed by atoms with E-state index in [4.69, 9.17) is 22.1 Å². The summed E-state index contributed by atoms with van der Waals surface area (Å²) in [5.74, 6) is -1.34. The molecule has 184 valence electrons. The Morgan fingerprint density at radius 1 is 1.06 bits per heavy atom. The smallest absolute Gasteiger partial charge is 0.408 e. The summed E-state index contributed by atoms with van der Waals surface area (Å²) in [4.78, 5) is 47.3. The van der Waals surface area contributed by atoms with Gasteiger partial charge in [0.05, 0.1) is 7.11 Å². The lowest BCUT2D eigenvalue weighted by atomic mass is 10.0. The third kappa shape index (κ3) is 12.7. The molecular formula is C23H34ClN3O6. The summed E-state index contributed by atoms with van der Waals surface area (Å²) >= 11 is 6.21. The fourth-order valence-corrected chi connectivity index (χ4v) is 3.24. The summed E-state index contributed by atoms with van der Waals surface area (Å²) in [6, 6.07) is 4.18. The second-order valence-electron chi connectivity index (χ2n) is 8.68. The van der Waals surface area contributed by atoms with Crippen LogP contribution in [0.1, 0.15) is 64.9 Å².